The summed E-state index contributed by atoms with van der Waals surface area (Å²) in [4.78, 5) is 9.63. The number of nitrogens with zero attached hydrogens (tertiary/aromatic N) is 4. The SMILES string of the molecule is c1ccc(-c2ccc(N(c3ccc(-c4ccc5c(c4)N(c4ccccc4)c4ccccc4[Si]5(c4ccccc4)c4ccccc4)cc3)c3ccc4c(c3)oc3ccccc34)cc2)cc1.c1ccc(N2c3ccccc3[Si](c3ccccc3)(c3ccccc3)c3ccc(-c4ccc(N(c5ccc(-c6cccc7ccccc67)cc5)c5ccc6c(c5)oc5ccccc56)cc4)cc32)cc1. The first-order valence-electron chi connectivity index (χ1n) is 45.2. The second-order valence-electron chi connectivity index (χ2n) is 34.1. The second kappa shape index (κ2) is 33.4. The molecule has 0 N–H and O–H groups in total. The molecule has 0 spiro atoms. The van der Waals surface area contributed by atoms with Gasteiger partial charge >= 0.3 is 0 Å². The highest BCUT2D eigenvalue weighted by molar-refractivity contribution is 7.22. The van der Waals surface area contributed by atoms with Gasteiger partial charge < -0.3 is 28.4 Å². The van der Waals surface area contributed by atoms with E-state index in [0.29, 0.717) is 0 Å². The Bertz CT molecular complexity index is 8100. The number of fused-ring (bicyclic) bond motifs is 11. The summed E-state index contributed by atoms with van der Waals surface area (Å²) in [5, 5.41) is 18.0. The first-order valence-corrected chi connectivity index (χ1v) is 49.2. The summed E-state index contributed by atoms with van der Waals surface area (Å²) < 4.78 is 12.9. The Balaban J connectivity index is 0.000000146. The summed E-state index contributed by atoms with van der Waals surface area (Å²) in [6.07, 6.45) is 0. The maximum atomic E-state index is 6.46. The molecule has 2 aliphatic heterocycles. The summed E-state index contributed by atoms with van der Waals surface area (Å²) in [7, 11) is -5.59. The molecule has 622 valence electrons. The molecule has 8 heteroatoms. The third-order valence-electron chi connectivity index (χ3n) is 26.9. The average Bonchev–Trinajstić information content (AvgIpc) is 0.732. The predicted molar refractivity (Wildman–Crippen MR) is 560 cm³/mol. The molecular weight excluding hydrogens is 1630 g/mol. The van der Waals surface area contributed by atoms with Crippen molar-refractivity contribution in [2.24, 2.45) is 0 Å². The fraction of sp³-hybridized carbons (Fsp3) is 0. The molecule has 23 aromatic rings. The lowest BCUT2D eigenvalue weighted by atomic mass is 9.98. The fourth-order valence-corrected chi connectivity index (χ4v) is 31.1. The van der Waals surface area contributed by atoms with Crippen molar-refractivity contribution in [3.8, 4) is 44.5 Å². The van der Waals surface area contributed by atoms with E-state index >= 15 is 0 Å². The Morgan fingerprint density at radius 1 is 0.174 bits per heavy atom. The largest absolute Gasteiger partial charge is 0.456 e. The lowest BCUT2D eigenvalue weighted by Crippen LogP contribution is -2.77. The number of hydrogen-bond donors (Lipinski definition) is 0. The fourth-order valence-electron chi connectivity index (χ4n) is 20.9. The van der Waals surface area contributed by atoms with Crippen molar-refractivity contribution in [1.29, 1.82) is 0 Å². The van der Waals surface area contributed by atoms with Crippen LogP contribution in [0.3, 0.4) is 0 Å². The molecule has 0 amide bonds. The quantitative estimate of drug-likeness (QED) is 0.0898. The van der Waals surface area contributed by atoms with Gasteiger partial charge in [-0.15, -0.1) is 0 Å². The first kappa shape index (κ1) is 78.6. The molecule has 0 saturated carbocycles. The lowest BCUT2D eigenvalue weighted by Gasteiger charge is -2.45. The van der Waals surface area contributed by atoms with Crippen LogP contribution in [0.25, 0.3) is 99.2 Å². The zero-order chi connectivity index (χ0) is 87.5. The minimum Gasteiger partial charge on any atom is -0.456 e. The van der Waals surface area contributed by atoms with E-state index in [0.717, 1.165) is 112 Å². The van der Waals surface area contributed by atoms with Gasteiger partial charge in [-0.1, -0.05) is 376 Å². The number of benzene rings is 21. The Labute approximate surface area is 769 Å². The highest BCUT2D eigenvalue weighted by Gasteiger charge is 2.51. The lowest BCUT2D eigenvalue weighted by molar-refractivity contribution is 0.668. The minimum atomic E-state index is -2.80. The van der Waals surface area contributed by atoms with Gasteiger partial charge in [0.15, 0.2) is 16.1 Å². The highest BCUT2D eigenvalue weighted by Crippen LogP contribution is 2.47. The van der Waals surface area contributed by atoms with Gasteiger partial charge in [0.2, 0.25) is 0 Å². The molecule has 0 unspecified atom stereocenters. The molecule has 0 bridgehead atoms. The molecule has 0 fully saturated rings. The van der Waals surface area contributed by atoms with Crippen molar-refractivity contribution in [3.05, 3.63) is 522 Å². The summed E-state index contributed by atoms with van der Waals surface area (Å²) in [6.45, 7) is 0. The Morgan fingerprint density at radius 2 is 0.462 bits per heavy atom. The van der Waals surface area contributed by atoms with Crippen molar-refractivity contribution < 1.29 is 8.83 Å². The molecular formula is C124H86N4O2Si2. The van der Waals surface area contributed by atoms with Gasteiger partial charge in [0.1, 0.15) is 22.3 Å². The highest BCUT2D eigenvalue weighted by atomic mass is 28.3. The van der Waals surface area contributed by atoms with E-state index in [-0.39, 0.29) is 0 Å². The van der Waals surface area contributed by atoms with Crippen LogP contribution in [0.5, 0.6) is 0 Å². The minimum absolute atomic E-state index is 0.863. The van der Waals surface area contributed by atoms with Crippen LogP contribution in [0, 0.1) is 0 Å². The van der Waals surface area contributed by atoms with Crippen LogP contribution in [0.1, 0.15) is 0 Å². The van der Waals surface area contributed by atoms with Gasteiger partial charge in [0.25, 0.3) is 0 Å². The Morgan fingerprint density at radius 3 is 0.871 bits per heavy atom. The Hall–Kier alpha value is -16.9. The molecule has 2 aliphatic rings. The topological polar surface area (TPSA) is 39.2 Å². The summed E-state index contributed by atoms with van der Waals surface area (Å²) in [5.74, 6) is 0. The standard InChI is InChI=1S/C64H44N2OSi.C60H42N2OSi/c1-4-19-49(20-5-1)66-59-28-13-15-30-63(59)68(53-21-6-2-7-22-53,54-23-8-3-9-24-54)64-42-35-48(43-60(64)66)45-31-36-50(37-32-45)65(52-40-41-58-57-26-12-14-29-61(57)67-62(58)44-52)51-38-33-47(34-39-51)56-27-16-18-46-17-10-11-25-55(46)56;1-5-17-43(18-6-1)44-29-34-48(35-30-44)61(50-38-39-54-53-25-13-15-27-57(53)63-58(54)42-50)49-36-31-45(32-37-49)46-33-40-60-56(41-46)62(47-19-7-2-8-20-47)55-26-14-16-28-59(55)64(60,51-21-9-3-10-22-51)52-23-11-4-12-24-52/h1-44H;1-42H. The molecule has 6 nitrogen and oxygen atoms in total. The second-order valence-corrected chi connectivity index (χ2v) is 41.6. The molecule has 0 radical (unpaired) electrons. The molecule has 0 aliphatic carbocycles. The molecule has 132 heavy (non-hydrogen) atoms. The normalized spacial score (nSPS) is 12.8. The third-order valence-corrected chi connectivity index (χ3v) is 36.6. The number of rotatable bonds is 16. The van der Waals surface area contributed by atoms with E-state index in [1.807, 2.05) is 24.3 Å². The molecule has 0 atom stereocenters. The van der Waals surface area contributed by atoms with E-state index in [2.05, 4.69) is 517 Å². The monoisotopic (exact) mass is 1720 g/mol. The maximum Gasteiger partial charge on any atom is 0.184 e. The molecule has 25 rings (SSSR count). The third kappa shape index (κ3) is 13.5. The van der Waals surface area contributed by atoms with E-state index in [1.54, 1.807) is 0 Å². The zero-order valence-electron chi connectivity index (χ0n) is 72.3. The number of anilines is 12. The van der Waals surface area contributed by atoms with E-state index in [1.165, 1.54) is 97.3 Å². The van der Waals surface area contributed by atoms with Crippen LogP contribution < -0.4 is 61.1 Å². The van der Waals surface area contributed by atoms with Crippen LogP contribution in [0.15, 0.2) is 531 Å². The van der Waals surface area contributed by atoms with Crippen LogP contribution in [-0.2, 0) is 0 Å². The van der Waals surface area contributed by atoms with Crippen LogP contribution in [0.2, 0.25) is 0 Å². The van der Waals surface area contributed by atoms with E-state index in [4.69, 9.17) is 8.83 Å². The summed E-state index contributed by atoms with van der Waals surface area (Å²) in [6, 6.07) is 190. The molecule has 21 aromatic carbocycles. The van der Waals surface area contributed by atoms with Crippen molar-refractivity contribution in [1.82, 2.24) is 0 Å². The number of furan rings is 2. The Kier molecular flexibility index (Phi) is 19.9. The predicted octanol–water partition coefficient (Wildman–Crippen LogP) is 28.3. The number of hydrogen-bond acceptors (Lipinski definition) is 6. The van der Waals surface area contributed by atoms with Gasteiger partial charge in [-0.3, -0.25) is 0 Å². The van der Waals surface area contributed by atoms with E-state index < -0.39 is 16.1 Å². The van der Waals surface area contributed by atoms with Gasteiger partial charge in [0.05, 0.1) is 0 Å². The van der Waals surface area contributed by atoms with Crippen LogP contribution >= 0.6 is 0 Å². The average molecular weight is 1720 g/mol. The molecule has 0 saturated heterocycles. The van der Waals surface area contributed by atoms with E-state index in [9.17, 15) is 0 Å². The van der Waals surface area contributed by atoms with Crippen molar-refractivity contribution in [2.45, 2.75) is 0 Å². The zero-order valence-corrected chi connectivity index (χ0v) is 74.3. The summed E-state index contributed by atoms with van der Waals surface area (Å²) in [5.41, 5.74) is 26.4. The van der Waals surface area contributed by atoms with Crippen molar-refractivity contribution in [2.75, 3.05) is 19.6 Å². The maximum absolute atomic E-state index is 6.46. The van der Waals surface area contributed by atoms with Crippen molar-refractivity contribution >= 4 is 181 Å². The number of para-hydroxylation sites is 6. The molecule has 2 aromatic heterocycles. The smallest absolute Gasteiger partial charge is 0.184 e. The van der Waals surface area contributed by atoms with Crippen molar-refractivity contribution in [3.63, 3.8) is 0 Å². The van der Waals surface area contributed by atoms with Crippen LogP contribution in [0.4, 0.5) is 68.2 Å². The van der Waals surface area contributed by atoms with Crippen LogP contribution in [-0.4, -0.2) is 16.1 Å². The van der Waals surface area contributed by atoms with Gasteiger partial charge in [-0.25, -0.2) is 0 Å². The summed E-state index contributed by atoms with van der Waals surface area (Å²) >= 11 is 0. The van der Waals surface area contributed by atoms with Gasteiger partial charge in [-0.05, 0) is 230 Å². The molecule has 4 heterocycles. The van der Waals surface area contributed by atoms with Gasteiger partial charge in [-0.2, -0.15) is 0 Å². The first-order chi connectivity index (χ1) is 65.5. The van der Waals surface area contributed by atoms with Gasteiger partial charge in [0, 0.05) is 102 Å².